The van der Waals surface area contributed by atoms with Crippen molar-refractivity contribution in [1.29, 1.82) is 0 Å². The molecule has 0 amide bonds. The van der Waals surface area contributed by atoms with Crippen molar-refractivity contribution in [3.8, 4) is 22.6 Å². The highest BCUT2D eigenvalue weighted by Crippen LogP contribution is 2.49. The Morgan fingerprint density at radius 2 is 1.62 bits per heavy atom. The second kappa shape index (κ2) is 5.54. The molecule has 0 saturated heterocycles. The summed E-state index contributed by atoms with van der Waals surface area (Å²) in [6.45, 7) is 0. The number of aliphatic carboxylic acids is 2. The highest BCUT2D eigenvalue weighted by molar-refractivity contribution is 6.39. The van der Waals surface area contributed by atoms with Crippen molar-refractivity contribution in [2.45, 2.75) is 5.79 Å². The third kappa shape index (κ3) is 2.33. The predicted molar refractivity (Wildman–Crippen MR) is 81.1 cm³/mol. The van der Waals surface area contributed by atoms with E-state index in [2.05, 4.69) is 0 Å². The fourth-order valence-corrected chi connectivity index (χ4v) is 2.88. The molecule has 1 aliphatic rings. The molecule has 0 radical (unpaired) electrons. The molecule has 24 heavy (non-hydrogen) atoms. The van der Waals surface area contributed by atoms with Crippen LogP contribution in [0.4, 0.5) is 4.39 Å². The molecule has 0 aliphatic carbocycles. The summed E-state index contributed by atoms with van der Waals surface area (Å²) in [7, 11) is 0. The average Bonchev–Trinajstić information content (AvgIpc) is 2.87. The topological polar surface area (TPSA) is 93.1 Å². The SMILES string of the molecule is O=C(O)C1(C(=O)O)Oc2cc(F)cc(-c3c(Cl)cccc3Cl)c2O1. The van der Waals surface area contributed by atoms with Gasteiger partial charge in [-0.05, 0) is 18.2 Å². The fraction of sp³-hybridized carbons (Fsp3) is 0.0667. The van der Waals surface area contributed by atoms with Gasteiger partial charge in [-0.2, -0.15) is 0 Å². The second-order valence-electron chi connectivity index (χ2n) is 4.81. The van der Waals surface area contributed by atoms with E-state index in [0.717, 1.165) is 12.1 Å². The van der Waals surface area contributed by atoms with E-state index in [4.69, 9.17) is 42.9 Å². The minimum Gasteiger partial charge on any atom is -0.475 e. The van der Waals surface area contributed by atoms with Gasteiger partial charge in [0.15, 0.2) is 11.5 Å². The lowest BCUT2D eigenvalue weighted by atomic mass is 10.0. The van der Waals surface area contributed by atoms with Crippen molar-refractivity contribution < 1.29 is 33.7 Å². The Kier molecular flexibility index (Phi) is 3.77. The Morgan fingerprint density at radius 1 is 1.04 bits per heavy atom. The van der Waals surface area contributed by atoms with Crippen LogP contribution in [0.3, 0.4) is 0 Å². The Bertz CT molecular complexity index is 848. The molecule has 2 aromatic rings. The molecule has 0 bridgehead atoms. The number of carboxylic acid groups (broad SMARTS) is 2. The summed E-state index contributed by atoms with van der Waals surface area (Å²) in [6, 6.07) is 6.34. The lowest BCUT2D eigenvalue weighted by Gasteiger charge is -2.17. The molecule has 0 spiro atoms. The number of ether oxygens (including phenoxy) is 2. The number of rotatable bonds is 3. The Hall–Kier alpha value is -2.51. The maximum atomic E-state index is 13.9. The van der Waals surface area contributed by atoms with Crippen LogP contribution in [-0.4, -0.2) is 27.9 Å². The van der Waals surface area contributed by atoms with Gasteiger partial charge in [0, 0.05) is 17.2 Å². The van der Waals surface area contributed by atoms with Gasteiger partial charge in [-0.15, -0.1) is 0 Å². The first kappa shape index (κ1) is 16.4. The van der Waals surface area contributed by atoms with Gasteiger partial charge >= 0.3 is 17.7 Å². The van der Waals surface area contributed by atoms with Crippen LogP contribution in [-0.2, 0) is 9.59 Å². The summed E-state index contributed by atoms with van der Waals surface area (Å²) < 4.78 is 23.9. The molecule has 3 rings (SSSR count). The van der Waals surface area contributed by atoms with Crippen molar-refractivity contribution in [3.63, 3.8) is 0 Å². The van der Waals surface area contributed by atoms with Crippen molar-refractivity contribution in [2.75, 3.05) is 0 Å². The molecular weight excluding hydrogens is 366 g/mol. The highest BCUT2D eigenvalue weighted by Gasteiger charge is 2.58. The molecule has 0 fully saturated rings. The summed E-state index contributed by atoms with van der Waals surface area (Å²) in [4.78, 5) is 22.6. The maximum absolute atomic E-state index is 13.9. The van der Waals surface area contributed by atoms with E-state index >= 15 is 0 Å². The third-order valence-electron chi connectivity index (χ3n) is 3.31. The summed E-state index contributed by atoms with van der Waals surface area (Å²) in [5, 5.41) is 18.6. The normalized spacial score (nSPS) is 14.5. The lowest BCUT2D eigenvalue weighted by Crippen LogP contribution is -2.54. The number of hydrogen-bond donors (Lipinski definition) is 2. The van der Waals surface area contributed by atoms with Gasteiger partial charge in [-0.25, -0.2) is 14.0 Å². The highest BCUT2D eigenvalue weighted by atomic mass is 35.5. The second-order valence-corrected chi connectivity index (χ2v) is 5.62. The molecule has 0 atom stereocenters. The Morgan fingerprint density at radius 3 is 2.17 bits per heavy atom. The summed E-state index contributed by atoms with van der Waals surface area (Å²) in [5.41, 5.74) is 0.136. The van der Waals surface area contributed by atoms with Crippen molar-refractivity contribution >= 4 is 35.1 Å². The van der Waals surface area contributed by atoms with Crippen molar-refractivity contribution in [2.24, 2.45) is 0 Å². The van der Waals surface area contributed by atoms with Gasteiger partial charge in [-0.1, -0.05) is 29.3 Å². The zero-order valence-corrected chi connectivity index (χ0v) is 13.1. The molecule has 0 unspecified atom stereocenters. The first-order chi connectivity index (χ1) is 11.3. The average molecular weight is 373 g/mol. The van der Waals surface area contributed by atoms with E-state index in [1.54, 1.807) is 6.07 Å². The van der Waals surface area contributed by atoms with E-state index in [9.17, 15) is 14.0 Å². The quantitative estimate of drug-likeness (QED) is 0.801. The van der Waals surface area contributed by atoms with E-state index in [1.807, 2.05) is 0 Å². The standard InChI is InChI=1S/C15H7Cl2FO6/c16-8-2-1-3-9(17)11(8)7-4-6(18)5-10-12(7)24-15(23-10,13(19)20)14(21)22/h1-5H,(H,19,20)(H,21,22). The number of fused-ring (bicyclic) bond motifs is 1. The van der Waals surface area contributed by atoms with Crippen LogP contribution in [0.2, 0.25) is 10.0 Å². The smallest absolute Gasteiger partial charge is 0.453 e. The van der Waals surface area contributed by atoms with Gasteiger partial charge in [0.1, 0.15) is 5.82 Å². The summed E-state index contributed by atoms with van der Waals surface area (Å²) in [5.74, 6) is -8.29. The van der Waals surface area contributed by atoms with Crippen LogP contribution >= 0.6 is 23.2 Å². The molecule has 2 N–H and O–H groups in total. The monoisotopic (exact) mass is 372 g/mol. The van der Waals surface area contributed by atoms with Gasteiger partial charge in [0.2, 0.25) is 0 Å². The number of carboxylic acids is 2. The molecule has 6 nitrogen and oxygen atoms in total. The minimum atomic E-state index is -3.02. The zero-order valence-electron chi connectivity index (χ0n) is 11.5. The number of carbonyl (C=O) groups is 2. The van der Waals surface area contributed by atoms with Crippen LogP contribution in [0.15, 0.2) is 30.3 Å². The van der Waals surface area contributed by atoms with Crippen LogP contribution in [0.5, 0.6) is 11.5 Å². The van der Waals surface area contributed by atoms with E-state index in [-0.39, 0.29) is 32.7 Å². The van der Waals surface area contributed by atoms with Crippen LogP contribution < -0.4 is 9.47 Å². The van der Waals surface area contributed by atoms with Gasteiger partial charge in [-0.3, -0.25) is 0 Å². The number of hydrogen-bond acceptors (Lipinski definition) is 4. The van der Waals surface area contributed by atoms with Crippen molar-refractivity contribution in [1.82, 2.24) is 0 Å². The minimum absolute atomic E-state index is 0.0232. The van der Waals surface area contributed by atoms with E-state index < -0.39 is 23.5 Å². The predicted octanol–water partition coefficient (Wildman–Crippen LogP) is 3.44. The fourth-order valence-electron chi connectivity index (χ4n) is 2.28. The molecular formula is C15H7Cl2FO6. The van der Waals surface area contributed by atoms with E-state index in [0.29, 0.717) is 0 Å². The molecule has 0 aromatic heterocycles. The third-order valence-corrected chi connectivity index (χ3v) is 3.94. The molecule has 124 valence electrons. The zero-order chi connectivity index (χ0) is 17.6. The van der Waals surface area contributed by atoms with Gasteiger partial charge in [0.05, 0.1) is 10.0 Å². The number of halogens is 3. The lowest BCUT2D eigenvalue weighted by molar-refractivity contribution is -0.194. The molecule has 0 saturated carbocycles. The van der Waals surface area contributed by atoms with Crippen molar-refractivity contribution in [3.05, 3.63) is 46.2 Å². The maximum Gasteiger partial charge on any atom is 0.453 e. The summed E-state index contributed by atoms with van der Waals surface area (Å²) in [6.07, 6.45) is 0. The van der Waals surface area contributed by atoms with Gasteiger partial charge in [0.25, 0.3) is 0 Å². The van der Waals surface area contributed by atoms with E-state index in [1.165, 1.54) is 12.1 Å². The van der Waals surface area contributed by atoms with Crippen LogP contribution in [0.1, 0.15) is 0 Å². The Labute approximate surface area is 143 Å². The van der Waals surface area contributed by atoms with Crippen LogP contribution in [0.25, 0.3) is 11.1 Å². The molecule has 1 heterocycles. The van der Waals surface area contributed by atoms with Crippen LogP contribution in [0, 0.1) is 5.82 Å². The van der Waals surface area contributed by atoms with Gasteiger partial charge < -0.3 is 19.7 Å². The largest absolute Gasteiger partial charge is 0.475 e. The Balaban J connectivity index is 2.26. The molecule has 2 aromatic carbocycles. The first-order valence-electron chi connectivity index (χ1n) is 6.39. The number of benzene rings is 2. The first-order valence-corrected chi connectivity index (χ1v) is 7.14. The summed E-state index contributed by atoms with van der Waals surface area (Å²) >= 11 is 12.2. The molecule has 1 aliphatic heterocycles. The molecule has 9 heteroatoms.